The first-order chi connectivity index (χ1) is 12.0. The second kappa shape index (κ2) is 6.71. The van der Waals surface area contributed by atoms with Gasteiger partial charge in [0.15, 0.2) is 22.7 Å². The summed E-state index contributed by atoms with van der Waals surface area (Å²) >= 11 is 0. The molecule has 0 atom stereocenters. The summed E-state index contributed by atoms with van der Waals surface area (Å²) in [6.45, 7) is 0.584. The molecule has 0 amide bonds. The molecular formula is C16H19N5O4. The number of fused-ring (bicyclic) bond motifs is 1. The first-order valence-corrected chi connectivity index (χ1v) is 7.67. The molecule has 3 rings (SSSR count). The van der Waals surface area contributed by atoms with Crippen molar-refractivity contribution in [3.63, 3.8) is 0 Å². The molecule has 3 aromatic rings. The Morgan fingerprint density at radius 1 is 1.16 bits per heavy atom. The number of nitrogens with one attached hydrogen (secondary N) is 3. The summed E-state index contributed by atoms with van der Waals surface area (Å²) in [5.41, 5.74) is 0.643. The highest BCUT2D eigenvalue weighted by atomic mass is 16.5. The second-order valence-corrected chi connectivity index (χ2v) is 5.47. The van der Waals surface area contributed by atoms with Crippen molar-refractivity contribution in [3.05, 3.63) is 44.6 Å². The molecule has 0 saturated heterocycles. The number of aromatic amines is 2. The molecule has 0 unspecified atom stereocenters. The van der Waals surface area contributed by atoms with Crippen LogP contribution in [0.1, 0.15) is 5.56 Å². The molecule has 2 heterocycles. The Morgan fingerprint density at radius 3 is 2.64 bits per heavy atom. The quantitative estimate of drug-likeness (QED) is 0.603. The van der Waals surface area contributed by atoms with Gasteiger partial charge in [-0.15, -0.1) is 0 Å². The Balaban J connectivity index is 1.73. The number of aryl methyl sites for hydroxylation is 1. The summed E-state index contributed by atoms with van der Waals surface area (Å²) in [7, 11) is 4.74. The lowest BCUT2D eigenvalue weighted by Gasteiger charge is -2.09. The molecule has 0 aliphatic heterocycles. The first kappa shape index (κ1) is 16.6. The molecule has 0 radical (unpaired) electrons. The fourth-order valence-corrected chi connectivity index (χ4v) is 2.55. The molecule has 0 bridgehead atoms. The van der Waals surface area contributed by atoms with Crippen LogP contribution < -0.4 is 26.0 Å². The number of benzene rings is 1. The molecule has 2 aromatic heterocycles. The van der Waals surface area contributed by atoms with E-state index < -0.39 is 11.2 Å². The van der Waals surface area contributed by atoms with E-state index >= 15 is 0 Å². The molecule has 9 nitrogen and oxygen atoms in total. The molecule has 0 aliphatic rings. The van der Waals surface area contributed by atoms with Gasteiger partial charge in [0, 0.05) is 13.6 Å². The van der Waals surface area contributed by atoms with E-state index in [9.17, 15) is 9.59 Å². The van der Waals surface area contributed by atoms with Gasteiger partial charge in [-0.1, -0.05) is 6.07 Å². The van der Waals surface area contributed by atoms with Crippen LogP contribution in [0, 0.1) is 0 Å². The first-order valence-electron chi connectivity index (χ1n) is 7.67. The van der Waals surface area contributed by atoms with Crippen molar-refractivity contribution < 1.29 is 9.47 Å². The van der Waals surface area contributed by atoms with Crippen LogP contribution in [-0.4, -0.2) is 40.3 Å². The minimum absolute atomic E-state index is 0.260. The minimum Gasteiger partial charge on any atom is -0.493 e. The number of methoxy groups -OCH3 is 2. The second-order valence-electron chi connectivity index (χ2n) is 5.47. The Kier molecular flexibility index (Phi) is 4.46. The third-order valence-corrected chi connectivity index (χ3v) is 3.91. The van der Waals surface area contributed by atoms with Crippen LogP contribution in [0.5, 0.6) is 11.5 Å². The maximum Gasteiger partial charge on any atom is 0.329 e. The average molecular weight is 345 g/mol. The molecule has 9 heteroatoms. The number of hydrogen-bond donors (Lipinski definition) is 3. The van der Waals surface area contributed by atoms with E-state index in [1.165, 1.54) is 4.57 Å². The zero-order valence-electron chi connectivity index (χ0n) is 14.2. The van der Waals surface area contributed by atoms with Crippen LogP contribution in [0.2, 0.25) is 0 Å². The lowest BCUT2D eigenvalue weighted by atomic mass is 10.1. The van der Waals surface area contributed by atoms with Gasteiger partial charge in [0.2, 0.25) is 5.95 Å². The van der Waals surface area contributed by atoms with Crippen molar-refractivity contribution in [3.8, 4) is 11.5 Å². The van der Waals surface area contributed by atoms with Gasteiger partial charge in [-0.25, -0.2) is 4.79 Å². The van der Waals surface area contributed by atoms with E-state index in [1.807, 2.05) is 18.2 Å². The summed E-state index contributed by atoms with van der Waals surface area (Å²) in [4.78, 5) is 32.8. The fraction of sp³-hybridized carbons (Fsp3) is 0.312. The lowest BCUT2D eigenvalue weighted by Crippen LogP contribution is -2.28. The maximum atomic E-state index is 11.8. The predicted octanol–water partition coefficient (Wildman–Crippen LogP) is 0.622. The summed E-state index contributed by atoms with van der Waals surface area (Å²) < 4.78 is 11.8. The van der Waals surface area contributed by atoms with Crippen molar-refractivity contribution >= 4 is 17.1 Å². The summed E-state index contributed by atoms with van der Waals surface area (Å²) in [5, 5.41) is 3.12. The molecule has 0 spiro atoms. The average Bonchev–Trinajstić information content (AvgIpc) is 3.04. The number of H-pyrrole nitrogens is 2. The minimum atomic E-state index is -0.499. The molecule has 0 saturated carbocycles. The summed E-state index contributed by atoms with van der Waals surface area (Å²) in [6, 6.07) is 5.72. The Bertz CT molecular complexity index is 1020. The number of anilines is 1. The molecule has 0 aliphatic carbocycles. The molecule has 3 N–H and O–H groups in total. The largest absolute Gasteiger partial charge is 0.493 e. The van der Waals surface area contributed by atoms with Gasteiger partial charge in [0.05, 0.1) is 14.2 Å². The number of imidazole rings is 1. The van der Waals surface area contributed by atoms with Crippen LogP contribution in [0.3, 0.4) is 0 Å². The van der Waals surface area contributed by atoms with E-state index in [2.05, 4.69) is 20.3 Å². The zero-order valence-corrected chi connectivity index (χ0v) is 14.2. The van der Waals surface area contributed by atoms with Crippen LogP contribution in [0.15, 0.2) is 27.8 Å². The number of nitrogens with zero attached hydrogens (tertiary/aromatic N) is 2. The van der Waals surface area contributed by atoms with Gasteiger partial charge in [-0.3, -0.25) is 14.3 Å². The number of ether oxygens (including phenoxy) is 2. The van der Waals surface area contributed by atoms with Crippen molar-refractivity contribution in [2.24, 2.45) is 7.05 Å². The Hall–Kier alpha value is -3.23. The Labute approximate surface area is 142 Å². The van der Waals surface area contributed by atoms with Gasteiger partial charge < -0.3 is 19.8 Å². The zero-order chi connectivity index (χ0) is 18.0. The predicted molar refractivity (Wildman–Crippen MR) is 93.7 cm³/mol. The highest BCUT2D eigenvalue weighted by Gasteiger charge is 2.10. The highest BCUT2D eigenvalue weighted by Crippen LogP contribution is 2.27. The number of aromatic nitrogens is 4. The van der Waals surface area contributed by atoms with Gasteiger partial charge in [-0.05, 0) is 24.1 Å². The molecule has 132 valence electrons. The van der Waals surface area contributed by atoms with Crippen molar-refractivity contribution in [2.45, 2.75) is 6.42 Å². The van der Waals surface area contributed by atoms with Gasteiger partial charge in [0.25, 0.3) is 5.56 Å². The maximum absolute atomic E-state index is 11.8. The van der Waals surface area contributed by atoms with E-state index in [0.717, 1.165) is 5.56 Å². The topological polar surface area (TPSA) is 114 Å². The van der Waals surface area contributed by atoms with E-state index in [0.29, 0.717) is 36.1 Å². The standard InChI is InChI=1S/C16H19N5O4/c1-21-13-12(14(22)20-16(21)23)18-15(19-13)17-7-6-9-4-5-10(24-2)11(8-9)25-3/h4-5,8H,6-7H2,1-3H3,(H2,17,18,19)(H,20,22,23). The van der Waals surface area contributed by atoms with E-state index in [-0.39, 0.29) is 5.52 Å². The van der Waals surface area contributed by atoms with Gasteiger partial charge in [0.1, 0.15) is 0 Å². The SMILES string of the molecule is COc1ccc(CCNc2nc3c([nH]2)c(=O)[nH]c(=O)n3C)cc1OC. The number of hydrogen-bond acceptors (Lipinski definition) is 6. The molecule has 0 fully saturated rings. The molecule has 25 heavy (non-hydrogen) atoms. The van der Waals surface area contributed by atoms with Gasteiger partial charge in [-0.2, -0.15) is 4.98 Å². The molecule has 1 aromatic carbocycles. The van der Waals surface area contributed by atoms with E-state index in [1.54, 1.807) is 21.3 Å². The summed E-state index contributed by atoms with van der Waals surface area (Å²) in [6.07, 6.45) is 0.715. The van der Waals surface area contributed by atoms with E-state index in [4.69, 9.17) is 9.47 Å². The van der Waals surface area contributed by atoms with Crippen LogP contribution in [-0.2, 0) is 13.5 Å². The Morgan fingerprint density at radius 2 is 1.92 bits per heavy atom. The lowest BCUT2D eigenvalue weighted by molar-refractivity contribution is 0.354. The van der Waals surface area contributed by atoms with Gasteiger partial charge >= 0.3 is 5.69 Å². The normalized spacial score (nSPS) is 10.8. The van der Waals surface area contributed by atoms with Crippen LogP contribution in [0.25, 0.3) is 11.2 Å². The molecular weight excluding hydrogens is 326 g/mol. The summed E-state index contributed by atoms with van der Waals surface area (Å²) in [5.74, 6) is 1.78. The third-order valence-electron chi connectivity index (χ3n) is 3.91. The van der Waals surface area contributed by atoms with Crippen molar-refractivity contribution in [1.29, 1.82) is 0 Å². The fourth-order valence-electron chi connectivity index (χ4n) is 2.55. The number of rotatable bonds is 6. The third kappa shape index (κ3) is 3.21. The van der Waals surface area contributed by atoms with Crippen molar-refractivity contribution in [1.82, 2.24) is 19.5 Å². The van der Waals surface area contributed by atoms with Crippen molar-refractivity contribution in [2.75, 3.05) is 26.1 Å². The van der Waals surface area contributed by atoms with Crippen LogP contribution in [0.4, 0.5) is 5.95 Å². The monoisotopic (exact) mass is 345 g/mol. The smallest absolute Gasteiger partial charge is 0.329 e. The highest BCUT2D eigenvalue weighted by molar-refractivity contribution is 5.72. The van der Waals surface area contributed by atoms with Crippen LogP contribution >= 0.6 is 0 Å².